The van der Waals surface area contributed by atoms with Crippen molar-refractivity contribution in [2.24, 2.45) is 0 Å². The van der Waals surface area contributed by atoms with Crippen molar-refractivity contribution >= 4 is 23.0 Å². The molecule has 26 heavy (non-hydrogen) atoms. The molecular formula is C18H23N5O3. The van der Waals surface area contributed by atoms with Gasteiger partial charge in [-0.05, 0) is 57.4 Å². The molecule has 1 aromatic carbocycles. The van der Waals surface area contributed by atoms with E-state index in [1.807, 2.05) is 24.0 Å². The Morgan fingerprint density at radius 1 is 1.31 bits per heavy atom. The van der Waals surface area contributed by atoms with Crippen LogP contribution in [-0.2, 0) is 0 Å². The molecule has 0 radical (unpaired) electrons. The molecule has 8 heteroatoms. The molecule has 1 unspecified atom stereocenters. The summed E-state index contributed by atoms with van der Waals surface area (Å²) in [6.45, 7) is 5.34. The summed E-state index contributed by atoms with van der Waals surface area (Å²) in [5, 5.41) is 14.8. The number of ether oxygens (including phenoxy) is 1. The molecule has 0 amide bonds. The smallest absolute Gasteiger partial charge is 0.353 e. The maximum absolute atomic E-state index is 11.8. The van der Waals surface area contributed by atoms with Crippen LogP contribution in [-0.4, -0.2) is 34.1 Å². The van der Waals surface area contributed by atoms with E-state index < -0.39 is 4.92 Å². The zero-order valence-corrected chi connectivity index (χ0v) is 15.0. The van der Waals surface area contributed by atoms with Crippen LogP contribution >= 0.6 is 0 Å². The van der Waals surface area contributed by atoms with Crippen molar-refractivity contribution in [2.75, 3.05) is 23.4 Å². The van der Waals surface area contributed by atoms with Gasteiger partial charge in [0, 0.05) is 18.3 Å². The van der Waals surface area contributed by atoms with E-state index in [2.05, 4.69) is 22.2 Å². The maximum Gasteiger partial charge on any atom is 0.353 e. The van der Waals surface area contributed by atoms with Crippen molar-refractivity contribution in [3.05, 3.63) is 40.7 Å². The summed E-state index contributed by atoms with van der Waals surface area (Å²) < 4.78 is 5.41. The number of nitrogens with one attached hydrogen (secondary N) is 1. The summed E-state index contributed by atoms with van der Waals surface area (Å²) in [6, 6.07) is 7.45. The summed E-state index contributed by atoms with van der Waals surface area (Å²) in [6.07, 6.45) is 4.52. The first-order valence-electron chi connectivity index (χ1n) is 8.86. The van der Waals surface area contributed by atoms with Crippen LogP contribution in [0, 0.1) is 10.1 Å². The molecule has 0 spiro atoms. The second-order valence-electron chi connectivity index (χ2n) is 6.27. The van der Waals surface area contributed by atoms with Gasteiger partial charge in [-0.3, -0.25) is 10.1 Å². The quantitative estimate of drug-likeness (QED) is 0.619. The van der Waals surface area contributed by atoms with Gasteiger partial charge in [-0.2, -0.15) is 0 Å². The van der Waals surface area contributed by atoms with Crippen molar-refractivity contribution in [1.29, 1.82) is 0 Å². The molecule has 3 rings (SSSR count). The third-order valence-electron chi connectivity index (χ3n) is 4.49. The van der Waals surface area contributed by atoms with Crippen molar-refractivity contribution in [1.82, 2.24) is 9.97 Å². The monoisotopic (exact) mass is 357 g/mol. The van der Waals surface area contributed by atoms with Crippen LogP contribution in [0.25, 0.3) is 0 Å². The lowest BCUT2D eigenvalue weighted by Gasteiger charge is -2.33. The van der Waals surface area contributed by atoms with Gasteiger partial charge in [-0.1, -0.05) is 0 Å². The Morgan fingerprint density at radius 2 is 2.08 bits per heavy atom. The molecule has 1 N–H and O–H groups in total. The summed E-state index contributed by atoms with van der Waals surface area (Å²) >= 11 is 0. The van der Waals surface area contributed by atoms with E-state index in [1.54, 1.807) is 12.1 Å². The predicted molar refractivity (Wildman–Crippen MR) is 100 cm³/mol. The fourth-order valence-corrected chi connectivity index (χ4v) is 3.19. The standard InChI is InChI=1S/C18H23N5O3/c1-3-26-15-9-7-14(8-10-15)21-17-16(23(24)25)18(20-12-19-17)22-11-5-4-6-13(22)2/h7-10,12-13H,3-6,11H2,1-2H3,(H,19,20,21). The van der Waals surface area contributed by atoms with Gasteiger partial charge in [-0.25, -0.2) is 9.97 Å². The van der Waals surface area contributed by atoms with E-state index in [4.69, 9.17) is 4.74 Å². The van der Waals surface area contributed by atoms with Crippen molar-refractivity contribution in [3.63, 3.8) is 0 Å². The zero-order chi connectivity index (χ0) is 18.5. The molecule has 0 saturated carbocycles. The van der Waals surface area contributed by atoms with Crippen LogP contribution in [0.2, 0.25) is 0 Å². The number of nitro groups is 1. The van der Waals surface area contributed by atoms with Gasteiger partial charge < -0.3 is 15.0 Å². The molecule has 0 aliphatic carbocycles. The number of hydrogen-bond acceptors (Lipinski definition) is 7. The lowest BCUT2D eigenvalue weighted by atomic mass is 10.0. The highest BCUT2D eigenvalue weighted by Gasteiger charge is 2.30. The van der Waals surface area contributed by atoms with Crippen molar-refractivity contribution in [3.8, 4) is 5.75 Å². The number of nitrogens with zero attached hydrogens (tertiary/aromatic N) is 4. The summed E-state index contributed by atoms with van der Waals surface area (Å²) in [5.74, 6) is 1.32. The lowest BCUT2D eigenvalue weighted by Crippen LogP contribution is -2.38. The van der Waals surface area contributed by atoms with Crippen LogP contribution in [0.3, 0.4) is 0 Å². The number of aromatic nitrogens is 2. The predicted octanol–water partition coefficient (Wildman–Crippen LogP) is 3.91. The summed E-state index contributed by atoms with van der Waals surface area (Å²) in [4.78, 5) is 21.7. The second-order valence-corrected chi connectivity index (χ2v) is 6.27. The Bertz CT molecular complexity index is 766. The van der Waals surface area contributed by atoms with E-state index in [9.17, 15) is 10.1 Å². The highest BCUT2D eigenvalue weighted by molar-refractivity contribution is 5.74. The Kier molecular flexibility index (Phi) is 5.50. The van der Waals surface area contributed by atoms with Gasteiger partial charge in [0.15, 0.2) is 0 Å². The first-order chi connectivity index (χ1) is 12.6. The number of rotatable bonds is 6. The summed E-state index contributed by atoms with van der Waals surface area (Å²) in [5.41, 5.74) is 0.614. The molecular weight excluding hydrogens is 334 g/mol. The largest absolute Gasteiger partial charge is 0.494 e. The number of anilines is 3. The fourth-order valence-electron chi connectivity index (χ4n) is 3.19. The fraction of sp³-hybridized carbons (Fsp3) is 0.444. The van der Waals surface area contributed by atoms with Crippen LogP contribution in [0.15, 0.2) is 30.6 Å². The molecule has 2 heterocycles. The molecule has 2 aromatic rings. The first-order valence-corrected chi connectivity index (χ1v) is 8.86. The molecule has 1 aromatic heterocycles. The second kappa shape index (κ2) is 7.99. The van der Waals surface area contributed by atoms with Crippen molar-refractivity contribution in [2.45, 2.75) is 39.2 Å². The average molecular weight is 357 g/mol. The minimum atomic E-state index is -0.409. The van der Waals surface area contributed by atoms with Crippen LogP contribution < -0.4 is 15.0 Å². The molecule has 1 fully saturated rings. The van der Waals surface area contributed by atoms with Gasteiger partial charge in [0.25, 0.3) is 0 Å². The third-order valence-corrected chi connectivity index (χ3v) is 4.49. The van der Waals surface area contributed by atoms with E-state index in [0.29, 0.717) is 18.1 Å². The SMILES string of the molecule is CCOc1ccc(Nc2ncnc(N3CCCCC3C)c2[N+](=O)[O-])cc1. The lowest BCUT2D eigenvalue weighted by molar-refractivity contribution is -0.383. The number of hydrogen-bond donors (Lipinski definition) is 1. The average Bonchev–Trinajstić information content (AvgIpc) is 2.63. The van der Waals surface area contributed by atoms with E-state index in [1.165, 1.54) is 6.33 Å². The minimum Gasteiger partial charge on any atom is -0.494 e. The Balaban J connectivity index is 1.91. The topological polar surface area (TPSA) is 93.4 Å². The van der Waals surface area contributed by atoms with Crippen molar-refractivity contribution < 1.29 is 9.66 Å². The molecule has 0 bridgehead atoms. The van der Waals surface area contributed by atoms with Gasteiger partial charge in [0.2, 0.25) is 11.6 Å². The normalized spacial score (nSPS) is 17.0. The number of piperidine rings is 1. The van der Waals surface area contributed by atoms with Gasteiger partial charge in [0.05, 0.1) is 11.5 Å². The number of benzene rings is 1. The maximum atomic E-state index is 11.8. The van der Waals surface area contributed by atoms with Gasteiger partial charge in [0.1, 0.15) is 12.1 Å². The molecule has 1 saturated heterocycles. The Hall–Kier alpha value is -2.90. The van der Waals surface area contributed by atoms with E-state index in [0.717, 1.165) is 31.6 Å². The molecule has 1 atom stereocenters. The minimum absolute atomic E-state index is 0.0878. The highest BCUT2D eigenvalue weighted by atomic mass is 16.6. The molecule has 1 aliphatic rings. The van der Waals surface area contributed by atoms with Gasteiger partial charge in [-0.15, -0.1) is 0 Å². The highest BCUT2D eigenvalue weighted by Crippen LogP contribution is 2.36. The Morgan fingerprint density at radius 3 is 2.73 bits per heavy atom. The molecule has 138 valence electrons. The van der Waals surface area contributed by atoms with Crippen LogP contribution in [0.5, 0.6) is 5.75 Å². The van der Waals surface area contributed by atoms with E-state index >= 15 is 0 Å². The summed E-state index contributed by atoms with van der Waals surface area (Å²) in [7, 11) is 0. The third kappa shape index (κ3) is 3.84. The molecule has 8 nitrogen and oxygen atoms in total. The molecule has 1 aliphatic heterocycles. The zero-order valence-electron chi connectivity index (χ0n) is 15.0. The van der Waals surface area contributed by atoms with E-state index in [-0.39, 0.29) is 17.5 Å². The first kappa shape index (κ1) is 17.9. The van der Waals surface area contributed by atoms with Crippen LogP contribution in [0.1, 0.15) is 33.1 Å². The van der Waals surface area contributed by atoms with Gasteiger partial charge >= 0.3 is 5.69 Å². The van der Waals surface area contributed by atoms with Crippen LogP contribution in [0.4, 0.5) is 23.0 Å². The Labute approximate surface area is 152 Å².